The molecule has 108 valence electrons. The van der Waals surface area contributed by atoms with Crippen molar-refractivity contribution in [2.24, 2.45) is 0 Å². The molecule has 0 spiro atoms. The summed E-state index contributed by atoms with van der Waals surface area (Å²) in [5.41, 5.74) is 1.28. The van der Waals surface area contributed by atoms with Crippen LogP contribution in [0.2, 0.25) is 18.1 Å². The first kappa shape index (κ1) is 15.3. The van der Waals surface area contributed by atoms with E-state index in [1.54, 1.807) is 11.3 Å². The van der Waals surface area contributed by atoms with Crippen LogP contribution in [0.4, 0.5) is 0 Å². The number of hydrogen-bond donors (Lipinski definition) is 0. The van der Waals surface area contributed by atoms with E-state index in [-0.39, 0.29) is 5.04 Å². The smallest absolute Gasteiger partial charge is 0.250 e. The van der Waals surface area contributed by atoms with Crippen molar-refractivity contribution in [3.05, 3.63) is 46.4 Å². The molecule has 1 aromatic carbocycles. The molecule has 0 N–H and O–H groups in total. The van der Waals surface area contributed by atoms with Crippen LogP contribution in [0.15, 0.2) is 35.8 Å². The highest BCUT2D eigenvalue weighted by Gasteiger charge is 2.38. The van der Waals surface area contributed by atoms with E-state index >= 15 is 0 Å². The molecule has 0 amide bonds. The molecule has 1 heterocycles. The standard InChI is InChI=1S/C16H23NOSSi/c1-16(2,3)20(4,5)18-14-8-6-13(7-9-14)12-15-17-10-11-19-15/h6-11H,12H2,1-5H3. The van der Waals surface area contributed by atoms with E-state index in [4.69, 9.17) is 4.43 Å². The van der Waals surface area contributed by atoms with Crippen molar-refractivity contribution in [1.29, 1.82) is 0 Å². The molecule has 2 rings (SSSR count). The van der Waals surface area contributed by atoms with Crippen molar-refractivity contribution < 1.29 is 4.43 Å². The minimum absolute atomic E-state index is 0.229. The summed E-state index contributed by atoms with van der Waals surface area (Å²) >= 11 is 1.70. The Morgan fingerprint density at radius 1 is 1.15 bits per heavy atom. The zero-order valence-corrected chi connectivity index (χ0v) is 14.8. The number of nitrogens with zero attached hydrogens (tertiary/aromatic N) is 1. The lowest BCUT2D eigenvalue weighted by atomic mass is 10.1. The summed E-state index contributed by atoms with van der Waals surface area (Å²) in [5.74, 6) is 0.986. The second-order valence-electron chi connectivity index (χ2n) is 6.61. The second-order valence-corrected chi connectivity index (χ2v) is 12.3. The van der Waals surface area contributed by atoms with Crippen molar-refractivity contribution in [2.75, 3.05) is 0 Å². The van der Waals surface area contributed by atoms with Gasteiger partial charge in [-0.05, 0) is 35.8 Å². The molecule has 1 aromatic heterocycles. The van der Waals surface area contributed by atoms with Crippen molar-refractivity contribution in [3.8, 4) is 5.75 Å². The number of benzene rings is 1. The molecule has 0 atom stereocenters. The van der Waals surface area contributed by atoms with Crippen LogP contribution < -0.4 is 4.43 Å². The fourth-order valence-corrected chi connectivity index (χ4v) is 3.32. The maximum Gasteiger partial charge on any atom is 0.250 e. The number of rotatable bonds is 4. The third-order valence-corrected chi connectivity index (χ3v) is 9.08. The molecule has 0 saturated heterocycles. The third-order valence-electron chi connectivity index (χ3n) is 3.94. The lowest BCUT2D eigenvalue weighted by Gasteiger charge is -2.36. The SMILES string of the molecule is CC(C)(C)[Si](C)(C)Oc1ccc(Cc2nccs2)cc1. The lowest BCUT2D eigenvalue weighted by molar-refractivity contribution is 0.492. The number of aromatic nitrogens is 1. The topological polar surface area (TPSA) is 22.1 Å². The minimum Gasteiger partial charge on any atom is -0.544 e. The van der Waals surface area contributed by atoms with Gasteiger partial charge in [0, 0.05) is 18.0 Å². The first-order valence-electron chi connectivity index (χ1n) is 6.94. The van der Waals surface area contributed by atoms with E-state index in [1.807, 2.05) is 11.6 Å². The molecule has 2 aromatic rings. The van der Waals surface area contributed by atoms with Crippen LogP contribution in [-0.2, 0) is 6.42 Å². The zero-order chi connectivity index (χ0) is 14.8. The Bertz CT molecular complexity index is 541. The molecule has 0 aliphatic rings. The van der Waals surface area contributed by atoms with Gasteiger partial charge in [0.1, 0.15) is 5.75 Å². The third kappa shape index (κ3) is 3.70. The monoisotopic (exact) mass is 305 g/mol. The van der Waals surface area contributed by atoms with Crippen molar-refractivity contribution in [1.82, 2.24) is 4.98 Å². The molecule has 20 heavy (non-hydrogen) atoms. The van der Waals surface area contributed by atoms with Gasteiger partial charge in [0.2, 0.25) is 8.32 Å². The van der Waals surface area contributed by atoms with E-state index in [1.165, 1.54) is 5.56 Å². The van der Waals surface area contributed by atoms with Gasteiger partial charge in [-0.25, -0.2) is 4.98 Å². The van der Waals surface area contributed by atoms with Crippen LogP contribution in [-0.4, -0.2) is 13.3 Å². The average Bonchev–Trinajstić information content (AvgIpc) is 2.83. The quantitative estimate of drug-likeness (QED) is 0.732. The Morgan fingerprint density at radius 2 is 1.80 bits per heavy atom. The van der Waals surface area contributed by atoms with Crippen LogP contribution in [0, 0.1) is 0 Å². The first-order chi connectivity index (χ1) is 9.28. The largest absolute Gasteiger partial charge is 0.544 e. The molecule has 0 aliphatic heterocycles. The highest BCUT2D eigenvalue weighted by molar-refractivity contribution is 7.09. The van der Waals surface area contributed by atoms with Gasteiger partial charge in [-0.1, -0.05) is 32.9 Å². The van der Waals surface area contributed by atoms with Crippen LogP contribution in [0.25, 0.3) is 0 Å². The van der Waals surface area contributed by atoms with Gasteiger partial charge in [-0.2, -0.15) is 0 Å². The Morgan fingerprint density at radius 3 is 2.30 bits per heavy atom. The highest BCUT2D eigenvalue weighted by Crippen LogP contribution is 2.37. The molecule has 0 fully saturated rings. The van der Waals surface area contributed by atoms with Gasteiger partial charge in [-0.15, -0.1) is 11.3 Å². The molecule has 2 nitrogen and oxygen atoms in total. The van der Waals surface area contributed by atoms with Gasteiger partial charge in [0.05, 0.1) is 5.01 Å². The summed E-state index contributed by atoms with van der Waals surface area (Å²) in [6, 6.07) is 8.46. The van der Waals surface area contributed by atoms with E-state index in [0.29, 0.717) is 0 Å². The summed E-state index contributed by atoms with van der Waals surface area (Å²) < 4.78 is 6.28. The lowest BCUT2D eigenvalue weighted by Crippen LogP contribution is -2.43. The summed E-state index contributed by atoms with van der Waals surface area (Å²) in [7, 11) is -1.74. The predicted molar refractivity (Wildman–Crippen MR) is 89.2 cm³/mol. The number of hydrogen-bond acceptors (Lipinski definition) is 3. The van der Waals surface area contributed by atoms with Gasteiger partial charge in [0.25, 0.3) is 0 Å². The fraction of sp³-hybridized carbons (Fsp3) is 0.438. The average molecular weight is 306 g/mol. The summed E-state index contributed by atoms with van der Waals surface area (Å²) in [4.78, 5) is 4.32. The van der Waals surface area contributed by atoms with E-state index in [0.717, 1.165) is 17.2 Å². The predicted octanol–water partition coefficient (Wildman–Crippen LogP) is 5.12. The van der Waals surface area contributed by atoms with E-state index in [2.05, 4.69) is 63.1 Å². The van der Waals surface area contributed by atoms with Gasteiger partial charge in [0.15, 0.2) is 0 Å². The minimum atomic E-state index is -1.74. The maximum atomic E-state index is 6.28. The van der Waals surface area contributed by atoms with Crippen molar-refractivity contribution in [2.45, 2.75) is 45.3 Å². The Labute approximate surface area is 127 Å². The molecule has 0 aliphatic carbocycles. The molecule has 0 bridgehead atoms. The van der Waals surface area contributed by atoms with Gasteiger partial charge >= 0.3 is 0 Å². The zero-order valence-electron chi connectivity index (χ0n) is 12.9. The van der Waals surface area contributed by atoms with Gasteiger partial charge in [-0.3, -0.25) is 0 Å². The summed E-state index contributed by atoms with van der Waals surface area (Å²) in [6.45, 7) is 11.3. The Kier molecular flexibility index (Phi) is 4.35. The highest BCUT2D eigenvalue weighted by atomic mass is 32.1. The van der Waals surface area contributed by atoms with Crippen LogP contribution in [0.5, 0.6) is 5.75 Å². The molecule has 0 saturated carbocycles. The van der Waals surface area contributed by atoms with Crippen LogP contribution >= 0.6 is 11.3 Å². The Hall–Kier alpha value is -1.13. The first-order valence-corrected chi connectivity index (χ1v) is 10.7. The maximum absolute atomic E-state index is 6.28. The molecule has 4 heteroatoms. The normalized spacial score (nSPS) is 12.4. The van der Waals surface area contributed by atoms with E-state index in [9.17, 15) is 0 Å². The second kappa shape index (κ2) is 5.70. The van der Waals surface area contributed by atoms with Crippen molar-refractivity contribution in [3.63, 3.8) is 0 Å². The fourth-order valence-electron chi connectivity index (χ4n) is 1.64. The van der Waals surface area contributed by atoms with E-state index < -0.39 is 8.32 Å². The molecular weight excluding hydrogens is 282 g/mol. The molecular formula is C16H23NOSSi. The van der Waals surface area contributed by atoms with Crippen molar-refractivity contribution >= 4 is 19.7 Å². The molecule has 0 radical (unpaired) electrons. The molecule has 0 unspecified atom stereocenters. The summed E-state index contributed by atoms with van der Waals surface area (Å²) in [6.07, 6.45) is 2.76. The Balaban J connectivity index is 2.05. The van der Waals surface area contributed by atoms with Gasteiger partial charge < -0.3 is 4.43 Å². The van der Waals surface area contributed by atoms with Crippen LogP contribution in [0.3, 0.4) is 0 Å². The number of thiazole rings is 1. The van der Waals surface area contributed by atoms with Crippen LogP contribution in [0.1, 0.15) is 31.3 Å². The summed E-state index contributed by atoms with van der Waals surface area (Å²) in [5, 5.41) is 3.40.